The Bertz CT molecular complexity index is 545. The van der Waals surface area contributed by atoms with Gasteiger partial charge in [-0.2, -0.15) is 0 Å². The van der Waals surface area contributed by atoms with E-state index < -0.39 is 17.8 Å². The molecule has 0 radical (unpaired) electrons. The lowest BCUT2D eigenvalue weighted by Gasteiger charge is -2.11. The van der Waals surface area contributed by atoms with Crippen molar-refractivity contribution in [3.05, 3.63) is 29.8 Å². The quantitative estimate of drug-likeness (QED) is 0.560. The van der Waals surface area contributed by atoms with Crippen molar-refractivity contribution >= 4 is 17.8 Å². The van der Waals surface area contributed by atoms with E-state index in [1.54, 1.807) is 31.2 Å². The molecule has 1 aromatic rings. The predicted octanol–water partition coefficient (Wildman–Crippen LogP) is 1.58. The lowest BCUT2D eigenvalue weighted by molar-refractivity contribution is -0.144. The topological polar surface area (TPSA) is 93.7 Å². The molecule has 0 heterocycles. The minimum Gasteiger partial charge on any atom is -0.493 e. The van der Waals surface area contributed by atoms with Crippen molar-refractivity contribution in [2.24, 2.45) is 0 Å². The molecule has 0 unspecified atom stereocenters. The van der Waals surface area contributed by atoms with Gasteiger partial charge in [-0.15, -0.1) is 0 Å². The fourth-order valence-electron chi connectivity index (χ4n) is 1.70. The normalized spacial score (nSPS) is 9.83. The lowest BCUT2D eigenvalue weighted by atomic mass is 10.2. The van der Waals surface area contributed by atoms with Crippen LogP contribution >= 0.6 is 0 Å². The van der Waals surface area contributed by atoms with Crippen LogP contribution in [0.4, 0.5) is 0 Å². The number of amides is 2. The van der Waals surface area contributed by atoms with Crippen LogP contribution in [0.25, 0.3) is 0 Å². The molecule has 0 bridgehead atoms. The third kappa shape index (κ3) is 6.82. The molecule has 7 heteroatoms. The van der Waals surface area contributed by atoms with Crippen LogP contribution in [0.1, 0.15) is 43.5 Å². The van der Waals surface area contributed by atoms with Crippen LogP contribution < -0.4 is 15.6 Å². The summed E-state index contributed by atoms with van der Waals surface area (Å²) in [6, 6.07) is 6.76. The highest BCUT2D eigenvalue weighted by Gasteiger charge is 2.13. The molecular formula is C16H22N2O5. The molecule has 0 aliphatic rings. The van der Waals surface area contributed by atoms with E-state index in [-0.39, 0.29) is 19.4 Å². The van der Waals surface area contributed by atoms with Crippen LogP contribution in [0.5, 0.6) is 5.75 Å². The summed E-state index contributed by atoms with van der Waals surface area (Å²) in [7, 11) is 0. The first-order valence-corrected chi connectivity index (χ1v) is 7.55. The van der Waals surface area contributed by atoms with Crippen molar-refractivity contribution in [2.75, 3.05) is 13.2 Å². The summed E-state index contributed by atoms with van der Waals surface area (Å²) < 4.78 is 10.2. The maximum Gasteiger partial charge on any atom is 0.306 e. The van der Waals surface area contributed by atoms with E-state index in [0.717, 1.165) is 6.42 Å². The second-order valence-electron chi connectivity index (χ2n) is 4.65. The molecule has 1 aromatic carbocycles. The zero-order valence-corrected chi connectivity index (χ0v) is 13.4. The molecule has 2 amide bonds. The average molecular weight is 322 g/mol. The van der Waals surface area contributed by atoms with Gasteiger partial charge in [-0.1, -0.05) is 19.1 Å². The summed E-state index contributed by atoms with van der Waals surface area (Å²) in [6.07, 6.45) is 0.722. The SMILES string of the molecule is CCCOc1ccccc1C(=O)NNC(=O)CCC(=O)OCC. The summed E-state index contributed by atoms with van der Waals surface area (Å²) in [5.41, 5.74) is 4.89. The van der Waals surface area contributed by atoms with Crippen LogP contribution in [-0.2, 0) is 14.3 Å². The molecule has 7 nitrogen and oxygen atoms in total. The zero-order valence-electron chi connectivity index (χ0n) is 13.4. The number of ether oxygens (including phenoxy) is 2. The monoisotopic (exact) mass is 322 g/mol. The highest BCUT2D eigenvalue weighted by Crippen LogP contribution is 2.17. The van der Waals surface area contributed by atoms with Crippen molar-refractivity contribution in [2.45, 2.75) is 33.1 Å². The Balaban J connectivity index is 2.47. The Kier molecular flexibility index (Phi) is 8.20. The van der Waals surface area contributed by atoms with Crippen LogP contribution in [0.15, 0.2) is 24.3 Å². The Morgan fingerprint density at radius 3 is 2.48 bits per heavy atom. The van der Waals surface area contributed by atoms with E-state index in [4.69, 9.17) is 9.47 Å². The lowest BCUT2D eigenvalue weighted by Crippen LogP contribution is -2.41. The standard InChI is InChI=1S/C16H22N2O5/c1-3-11-23-13-8-6-5-7-12(13)16(21)18-17-14(19)9-10-15(20)22-4-2/h5-8H,3-4,9-11H2,1-2H3,(H,17,19)(H,18,21). The molecule has 0 spiro atoms. The maximum absolute atomic E-state index is 12.1. The second kappa shape index (κ2) is 10.2. The van der Waals surface area contributed by atoms with Crippen LogP contribution in [0.3, 0.4) is 0 Å². The minimum absolute atomic E-state index is 0.0360. The number of para-hydroxylation sites is 1. The first-order chi connectivity index (χ1) is 11.1. The summed E-state index contributed by atoms with van der Waals surface area (Å²) in [6.45, 7) is 4.42. The number of esters is 1. The number of hydrazine groups is 1. The first-order valence-electron chi connectivity index (χ1n) is 7.55. The fourth-order valence-corrected chi connectivity index (χ4v) is 1.70. The highest BCUT2D eigenvalue weighted by molar-refractivity contribution is 5.97. The van der Waals surface area contributed by atoms with Crippen LogP contribution in [0.2, 0.25) is 0 Å². The number of nitrogens with one attached hydrogen (secondary N) is 2. The van der Waals surface area contributed by atoms with Gasteiger partial charge in [0.15, 0.2) is 0 Å². The summed E-state index contributed by atoms with van der Waals surface area (Å²) >= 11 is 0. The third-order valence-corrected chi connectivity index (χ3v) is 2.77. The van der Waals surface area contributed by atoms with Gasteiger partial charge in [0.2, 0.25) is 5.91 Å². The smallest absolute Gasteiger partial charge is 0.306 e. The van der Waals surface area contributed by atoms with Crippen molar-refractivity contribution in [1.82, 2.24) is 10.9 Å². The van der Waals surface area contributed by atoms with Crippen molar-refractivity contribution in [1.29, 1.82) is 0 Å². The molecule has 0 aromatic heterocycles. The van der Waals surface area contributed by atoms with Gasteiger partial charge in [-0.25, -0.2) is 0 Å². The summed E-state index contributed by atoms with van der Waals surface area (Å²) in [5.74, 6) is -0.959. The Morgan fingerprint density at radius 2 is 1.78 bits per heavy atom. The number of carbonyl (C=O) groups excluding carboxylic acids is 3. The zero-order chi connectivity index (χ0) is 17.1. The molecule has 0 aliphatic carbocycles. The summed E-state index contributed by atoms with van der Waals surface area (Å²) in [4.78, 5) is 34.8. The molecule has 0 fully saturated rings. The van der Waals surface area contributed by atoms with E-state index in [2.05, 4.69) is 10.9 Å². The minimum atomic E-state index is -0.485. The molecular weight excluding hydrogens is 300 g/mol. The molecule has 0 aliphatic heterocycles. The Labute approximate surface area is 135 Å². The third-order valence-electron chi connectivity index (χ3n) is 2.77. The molecule has 0 atom stereocenters. The number of hydrogen-bond donors (Lipinski definition) is 2. The van der Waals surface area contributed by atoms with Gasteiger partial charge in [0.25, 0.3) is 5.91 Å². The van der Waals surface area contributed by atoms with Gasteiger partial charge in [0, 0.05) is 6.42 Å². The van der Waals surface area contributed by atoms with Gasteiger partial charge in [0.1, 0.15) is 5.75 Å². The molecule has 0 saturated carbocycles. The van der Waals surface area contributed by atoms with E-state index in [1.165, 1.54) is 0 Å². The second-order valence-corrected chi connectivity index (χ2v) is 4.65. The van der Waals surface area contributed by atoms with E-state index >= 15 is 0 Å². The van der Waals surface area contributed by atoms with Crippen molar-refractivity contribution < 1.29 is 23.9 Å². The highest BCUT2D eigenvalue weighted by atomic mass is 16.5. The van der Waals surface area contributed by atoms with E-state index in [1.807, 2.05) is 6.92 Å². The van der Waals surface area contributed by atoms with Gasteiger partial charge in [-0.3, -0.25) is 25.2 Å². The van der Waals surface area contributed by atoms with Crippen molar-refractivity contribution in [3.63, 3.8) is 0 Å². The molecule has 2 N–H and O–H groups in total. The van der Waals surface area contributed by atoms with Gasteiger partial charge >= 0.3 is 5.97 Å². The van der Waals surface area contributed by atoms with Gasteiger partial charge < -0.3 is 9.47 Å². The van der Waals surface area contributed by atoms with Crippen molar-refractivity contribution in [3.8, 4) is 5.75 Å². The van der Waals surface area contributed by atoms with Crippen LogP contribution in [-0.4, -0.2) is 31.0 Å². The predicted molar refractivity (Wildman–Crippen MR) is 83.7 cm³/mol. The Hall–Kier alpha value is -2.57. The number of rotatable bonds is 8. The number of hydrogen-bond acceptors (Lipinski definition) is 5. The van der Waals surface area contributed by atoms with Gasteiger partial charge in [0.05, 0.1) is 25.2 Å². The molecule has 1 rings (SSSR count). The number of carbonyl (C=O) groups is 3. The average Bonchev–Trinajstić information content (AvgIpc) is 2.56. The van der Waals surface area contributed by atoms with E-state index in [0.29, 0.717) is 17.9 Å². The van der Waals surface area contributed by atoms with E-state index in [9.17, 15) is 14.4 Å². The first kappa shape index (κ1) is 18.5. The summed E-state index contributed by atoms with van der Waals surface area (Å²) in [5, 5.41) is 0. The molecule has 0 saturated heterocycles. The molecule has 126 valence electrons. The van der Waals surface area contributed by atoms with Crippen LogP contribution in [0, 0.1) is 0 Å². The fraction of sp³-hybridized carbons (Fsp3) is 0.438. The Morgan fingerprint density at radius 1 is 1.04 bits per heavy atom. The van der Waals surface area contributed by atoms with Gasteiger partial charge in [-0.05, 0) is 25.5 Å². The molecule has 23 heavy (non-hydrogen) atoms. The number of benzene rings is 1. The largest absolute Gasteiger partial charge is 0.493 e. The maximum atomic E-state index is 12.1.